The van der Waals surface area contributed by atoms with E-state index in [1.54, 1.807) is 41.1 Å². The highest BCUT2D eigenvalue weighted by atomic mass is 35.5. The van der Waals surface area contributed by atoms with Gasteiger partial charge < -0.3 is 14.7 Å². The van der Waals surface area contributed by atoms with Crippen LogP contribution < -0.4 is 9.80 Å². The van der Waals surface area contributed by atoms with Crippen LogP contribution in [-0.4, -0.2) is 49.4 Å². The molecule has 30 heavy (non-hydrogen) atoms. The molecule has 2 aliphatic rings. The Morgan fingerprint density at radius 1 is 0.967 bits per heavy atom. The van der Waals surface area contributed by atoms with Crippen molar-refractivity contribution >= 4 is 34.8 Å². The van der Waals surface area contributed by atoms with Gasteiger partial charge in [-0.15, -0.1) is 0 Å². The van der Waals surface area contributed by atoms with Gasteiger partial charge in [-0.1, -0.05) is 11.6 Å². The van der Waals surface area contributed by atoms with Crippen LogP contribution in [0.4, 0.5) is 15.8 Å². The number of hydrogen-bond acceptors (Lipinski definition) is 3. The smallest absolute Gasteiger partial charge is 0.239 e. The predicted octanol–water partition coefficient (Wildman–Crippen LogP) is 3.96. The first-order chi connectivity index (χ1) is 14.4. The summed E-state index contributed by atoms with van der Waals surface area (Å²) in [6, 6.07) is 13.7. The number of piperidine rings is 1. The Hall–Kier alpha value is -2.60. The van der Waals surface area contributed by atoms with Crippen molar-refractivity contribution in [3.63, 3.8) is 0 Å². The van der Waals surface area contributed by atoms with Crippen LogP contribution in [0.15, 0.2) is 48.5 Å². The van der Waals surface area contributed by atoms with E-state index in [0.29, 0.717) is 18.0 Å². The number of halogens is 2. The molecule has 0 saturated carbocycles. The Bertz CT molecular complexity index is 911. The first kappa shape index (κ1) is 20.7. The molecule has 0 radical (unpaired) electrons. The molecule has 1 unspecified atom stereocenters. The number of benzene rings is 2. The van der Waals surface area contributed by atoms with Crippen molar-refractivity contribution in [1.29, 1.82) is 0 Å². The lowest BCUT2D eigenvalue weighted by molar-refractivity contribution is -0.140. The lowest BCUT2D eigenvalue weighted by atomic mass is 9.99. The van der Waals surface area contributed by atoms with E-state index in [-0.39, 0.29) is 23.7 Å². The fourth-order valence-electron chi connectivity index (χ4n) is 4.38. The molecule has 2 saturated heterocycles. The number of carbonyl (C=O) groups is 2. The molecule has 0 bridgehead atoms. The zero-order valence-electron chi connectivity index (χ0n) is 16.9. The third-order valence-corrected chi connectivity index (χ3v) is 6.45. The molecule has 4 rings (SSSR count). The van der Waals surface area contributed by atoms with Crippen LogP contribution in [0.5, 0.6) is 0 Å². The van der Waals surface area contributed by atoms with Crippen LogP contribution in [0, 0.1) is 11.7 Å². The van der Waals surface area contributed by atoms with Gasteiger partial charge in [-0.25, -0.2) is 4.39 Å². The Morgan fingerprint density at radius 2 is 1.57 bits per heavy atom. The van der Waals surface area contributed by atoms with Gasteiger partial charge in [0, 0.05) is 49.1 Å². The maximum absolute atomic E-state index is 13.1. The molecule has 0 N–H and O–H groups in total. The third-order valence-electron chi connectivity index (χ3n) is 6.19. The predicted molar refractivity (Wildman–Crippen MR) is 116 cm³/mol. The topological polar surface area (TPSA) is 43.9 Å². The molecule has 1 atom stereocenters. The van der Waals surface area contributed by atoms with Gasteiger partial charge >= 0.3 is 0 Å². The fraction of sp³-hybridized carbons (Fsp3) is 0.391. The van der Waals surface area contributed by atoms with Crippen molar-refractivity contribution in [2.24, 2.45) is 5.92 Å². The second-order valence-corrected chi connectivity index (χ2v) is 8.39. The maximum Gasteiger partial charge on any atom is 0.239 e. The molecule has 2 aliphatic heterocycles. The van der Waals surface area contributed by atoms with Gasteiger partial charge in [0.25, 0.3) is 0 Å². The van der Waals surface area contributed by atoms with Gasteiger partial charge in [0.15, 0.2) is 0 Å². The molecule has 158 valence electrons. The molecular weight excluding hydrogens is 405 g/mol. The standard InChI is InChI=1S/C23H25ClFN3O2/c1-26(18-10-13-27(14-11-18)19-8-4-17(25)5-9-19)22(29)21-12-15-28(23(21)30)20-6-2-16(24)3-7-20/h2-9,18,21H,10-15H2,1H3. The number of nitrogens with zero attached hydrogens (tertiary/aromatic N) is 3. The van der Waals surface area contributed by atoms with E-state index in [1.165, 1.54) is 12.1 Å². The van der Waals surface area contributed by atoms with Crippen molar-refractivity contribution in [1.82, 2.24) is 4.90 Å². The van der Waals surface area contributed by atoms with E-state index < -0.39 is 5.92 Å². The van der Waals surface area contributed by atoms with Crippen molar-refractivity contribution < 1.29 is 14.0 Å². The van der Waals surface area contributed by atoms with E-state index in [2.05, 4.69) is 4.90 Å². The van der Waals surface area contributed by atoms with E-state index in [4.69, 9.17) is 11.6 Å². The quantitative estimate of drug-likeness (QED) is 0.691. The highest BCUT2D eigenvalue weighted by Gasteiger charge is 2.40. The molecule has 0 aromatic heterocycles. The Kier molecular flexibility index (Phi) is 5.95. The molecule has 0 spiro atoms. The summed E-state index contributed by atoms with van der Waals surface area (Å²) in [4.78, 5) is 31.6. The number of rotatable bonds is 4. The molecule has 2 fully saturated rings. The van der Waals surface area contributed by atoms with Gasteiger partial charge in [-0.2, -0.15) is 0 Å². The largest absolute Gasteiger partial charge is 0.371 e. The van der Waals surface area contributed by atoms with Gasteiger partial charge in [-0.3, -0.25) is 9.59 Å². The summed E-state index contributed by atoms with van der Waals surface area (Å²) in [5, 5.41) is 0.615. The SMILES string of the molecule is CN(C(=O)C1CCN(c2ccc(Cl)cc2)C1=O)C1CCN(c2ccc(F)cc2)CC1. The second-order valence-electron chi connectivity index (χ2n) is 7.95. The summed E-state index contributed by atoms with van der Waals surface area (Å²) < 4.78 is 13.1. The molecule has 2 aromatic carbocycles. The molecular formula is C23H25ClFN3O2. The van der Waals surface area contributed by atoms with Crippen LogP contribution in [0.1, 0.15) is 19.3 Å². The summed E-state index contributed by atoms with van der Waals surface area (Å²) >= 11 is 5.93. The molecule has 0 aliphatic carbocycles. The van der Waals surface area contributed by atoms with Crippen LogP contribution in [0.3, 0.4) is 0 Å². The summed E-state index contributed by atoms with van der Waals surface area (Å²) in [7, 11) is 1.80. The molecule has 2 heterocycles. The number of anilines is 2. The molecule has 5 nitrogen and oxygen atoms in total. The number of amides is 2. The summed E-state index contributed by atoms with van der Waals surface area (Å²) in [5.74, 6) is -1.11. The minimum Gasteiger partial charge on any atom is -0.371 e. The Morgan fingerprint density at radius 3 is 2.20 bits per heavy atom. The van der Waals surface area contributed by atoms with Crippen molar-refractivity contribution in [3.05, 3.63) is 59.4 Å². The summed E-state index contributed by atoms with van der Waals surface area (Å²) in [6.45, 7) is 2.13. The van der Waals surface area contributed by atoms with E-state index in [1.807, 2.05) is 12.1 Å². The van der Waals surface area contributed by atoms with Crippen LogP contribution in [-0.2, 0) is 9.59 Å². The molecule has 2 aromatic rings. The zero-order chi connectivity index (χ0) is 21.3. The molecule has 7 heteroatoms. The highest BCUT2D eigenvalue weighted by molar-refractivity contribution is 6.30. The van der Waals surface area contributed by atoms with E-state index >= 15 is 0 Å². The van der Waals surface area contributed by atoms with Crippen LogP contribution >= 0.6 is 11.6 Å². The third kappa shape index (κ3) is 4.15. The van der Waals surface area contributed by atoms with Crippen LogP contribution in [0.25, 0.3) is 0 Å². The average molecular weight is 430 g/mol. The van der Waals surface area contributed by atoms with Crippen LogP contribution in [0.2, 0.25) is 5.02 Å². The van der Waals surface area contributed by atoms with E-state index in [0.717, 1.165) is 37.3 Å². The summed E-state index contributed by atoms with van der Waals surface area (Å²) in [5.41, 5.74) is 1.77. The lowest BCUT2D eigenvalue weighted by Crippen LogP contribution is -2.48. The Balaban J connectivity index is 1.35. The first-order valence-corrected chi connectivity index (χ1v) is 10.7. The minimum absolute atomic E-state index is 0.100. The average Bonchev–Trinajstić information content (AvgIpc) is 3.15. The summed E-state index contributed by atoms with van der Waals surface area (Å²) in [6.07, 6.45) is 2.17. The van der Waals surface area contributed by atoms with Gasteiger partial charge in [-0.05, 0) is 67.8 Å². The maximum atomic E-state index is 13.1. The number of carbonyl (C=O) groups excluding carboxylic acids is 2. The monoisotopic (exact) mass is 429 g/mol. The first-order valence-electron chi connectivity index (χ1n) is 10.3. The minimum atomic E-state index is -0.624. The van der Waals surface area contributed by atoms with Gasteiger partial charge in [0.2, 0.25) is 11.8 Å². The number of hydrogen-bond donors (Lipinski definition) is 0. The van der Waals surface area contributed by atoms with Crippen molar-refractivity contribution in [2.45, 2.75) is 25.3 Å². The van der Waals surface area contributed by atoms with Crippen molar-refractivity contribution in [2.75, 3.05) is 36.5 Å². The lowest BCUT2D eigenvalue weighted by Gasteiger charge is -2.38. The van der Waals surface area contributed by atoms with Crippen molar-refractivity contribution in [3.8, 4) is 0 Å². The Labute approximate surface area is 181 Å². The zero-order valence-corrected chi connectivity index (χ0v) is 17.7. The van der Waals surface area contributed by atoms with Gasteiger partial charge in [0.05, 0.1) is 0 Å². The second kappa shape index (κ2) is 8.64. The molecule has 2 amide bonds. The van der Waals surface area contributed by atoms with E-state index in [9.17, 15) is 14.0 Å². The van der Waals surface area contributed by atoms with Gasteiger partial charge in [0.1, 0.15) is 11.7 Å². The highest BCUT2D eigenvalue weighted by Crippen LogP contribution is 2.29. The normalized spacial score (nSPS) is 20.0. The fourth-order valence-corrected chi connectivity index (χ4v) is 4.50.